The average molecular weight is 525 g/mol. The van der Waals surface area contributed by atoms with Crippen LogP contribution in [0.25, 0.3) is 11.5 Å². The fraction of sp³-hybridized carbons (Fsp3) is 0.381. The molecule has 0 saturated carbocycles. The maximum atomic E-state index is 5.60. The van der Waals surface area contributed by atoms with Crippen LogP contribution in [0.2, 0.25) is 0 Å². The lowest BCUT2D eigenvalue weighted by Crippen LogP contribution is -2.36. The summed E-state index contributed by atoms with van der Waals surface area (Å²) >= 11 is 1.69. The lowest BCUT2D eigenvalue weighted by Gasteiger charge is -2.13. The third-order valence-electron chi connectivity index (χ3n) is 4.14. The fourth-order valence-electron chi connectivity index (χ4n) is 2.52. The number of guanidine groups is 1. The molecule has 0 radical (unpaired) electrons. The van der Waals surface area contributed by atoms with Gasteiger partial charge in [-0.3, -0.25) is 4.99 Å². The van der Waals surface area contributed by atoms with Gasteiger partial charge in [0.2, 0.25) is 5.89 Å². The Labute approximate surface area is 193 Å². The van der Waals surface area contributed by atoms with Gasteiger partial charge in [-0.05, 0) is 19.1 Å². The van der Waals surface area contributed by atoms with Gasteiger partial charge >= 0.3 is 0 Å². The molecule has 0 aliphatic heterocycles. The van der Waals surface area contributed by atoms with Crippen molar-refractivity contribution in [3.8, 4) is 11.5 Å². The van der Waals surface area contributed by atoms with E-state index in [-0.39, 0.29) is 29.4 Å². The van der Waals surface area contributed by atoms with E-state index in [2.05, 4.69) is 53.7 Å². The molecule has 2 N–H and O–H groups in total. The second-order valence-electron chi connectivity index (χ2n) is 7.68. The highest BCUT2D eigenvalue weighted by molar-refractivity contribution is 14.0. The van der Waals surface area contributed by atoms with Crippen LogP contribution in [0, 0.1) is 6.92 Å². The summed E-state index contributed by atoms with van der Waals surface area (Å²) in [6, 6.07) is 8.12. The number of aryl methyl sites for hydroxylation is 1. The Balaban J connectivity index is 0.00000300. The largest absolute Gasteiger partial charge is 0.444 e. The summed E-state index contributed by atoms with van der Waals surface area (Å²) in [7, 11) is 1.75. The van der Waals surface area contributed by atoms with Crippen molar-refractivity contribution in [3.05, 3.63) is 57.9 Å². The van der Waals surface area contributed by atoms with Crippen molar-refractivity contribution in [2.75, 3.05) is 7.05 Å². The van der Waals surface area contributed by atoms with E-state index >= 15 is 0 Å². The van der Waals surface area contributed by atoms with Crippen LogP contribution in [-0.4, -0.2) is 23.0 Å². The van der Waals surface area contributed by atoms with E-state index in [9.17, 15) is 0 Å². The molecule has 0 aliphatic carbocycles. The standard InChI is InChI=1S/C21H27N5OS.HI/c1-14-6-8-15(9-7-14)18-25-16(12-27-18)10-23-20(22-5)24-11-17-13-28-19(26-17)21(2,3)4;/h6-9,12-13H,10-11H2,1-5H3,(H2,22,23,24);1H. The highest BCUT2D eigenvalue weighted by Crippen LogP contribution is 2.25. The van der Waals surface area contributed by atoms with Crippen LogP contribution in [-0.2, 0) is 18.5 Å². The number of hydrogen-bond acceptors (Lipinski definition) is 5. The molecule has 2 aromatic heterocycles. The summed E-state index contributed by atoms with van der Waals surface area (Å²) in [5.74, 6) is 1.32. The van der Waals surface area contributed by atoms with Gasteiger partial charge in [-0.15, -0.1) is 35.3 Å². The first-order chi connectivity index (χ1) is 13.3. The van der Waals surface area contributed by atoms with E-state index in [1.165, 1.54) is 5.56 Å². The Hall–Kier alpha value is -1.94. The maximum Gasteiger partial charge on any atom is 0.226 e. The molecule has 3 rings (SSSR count). The van der Waals surface area contributed by atoms with Crippen LogP contribution in [0.5, 0.6) is 0 Å². The molecule has 0 atom stereocenters. The Morgan fingerprint density at radius 3 is 2.31 bits per heavy atom. The molecule has 0 spiro atoms. The zero-order valence-electron chi connectivity index (χ0n) is 17.4. The van der Waals surface area contributed by atoms with Gasteiger partial charge in [0.05, 0.1) is 29.5 Å². The van der Waals surface area contributed by atoms with Crippen molar-refractivity contribution >= 4 is 41.3 Å². The molecule has 8 heteroatoms. The van der Waals surface area contributed by atoms with Crippen LogP contribution < -0.4 is 10.6 Å². The quantitative estimate of drug-likeness (QED) is 0.282. The Morgan fingerprint density at radius 1 is 1.07 bits per heavy atom. The van der Waals surface area contributed by atoms with Crippen LogP contribution in [0.1, 0.15) is 42.7 Å². The Morgan fingerprint density at radius 2 is 1.72 bits per heavy atom. The van der Waals surface area contributed by atoms with Crippen molar-refractivity contribution in [1.82, 2.24) is 20.6 Å². The monoisotopic (exact) mass is 525 g/mol. The number of rotatable bonds is 5. The van der Waals surface area contributed by atoms with Crippen molar-refractivity contribution in [2.45, 2.75) is 46.2 Å². The molecule has 1 aromatic carbocycles. The normalized spacial score (nSPS) is 11.8. The summed E-state index contributed by atoms with van der Waals surface area (Å²) in [6.45, 7) is 9.73. The molecule has 156 valence electrons. The van der Waals surface area contributed by atoms with Crippen LogP contribution in [0.3, 0.4) is 0 Å². The van der Waals surface area contributed by atoms with Crippen molar-refractivity contribution in [3.63, 3.8) is 0 Å². The summed E-state index contributed by atoms with van der Waals surface area (Å²) < 4.78 is 5.60. The van der Waals surface area contributed by atoms with Gasteiger partial charge in [-0.25, -0.2) is 9.97 Å². The molecule has 0 saturated heterocycles. The molecule has 0 aliphatic rings. The number of nitrogens with one attached hydrogen (secondary N) is 2. The second-order valence-corrected chi connectivity index (χ2v) is 8.54. The number of halogens is 1. The number of thiazole rings is 1. The summed E-state index contributed by atoms with van der Waals surface area (Å²) in [5, 5.41) is 9.78. The molecular formula is C21H28IN5OS. The van der Waals surface area contributed by atoms with E-state index in [1.54, 1.807) is 24.6 Å². The van der Waals surface area contributed by atoms with E-state index < -0.39 is 0 Å². The summed E-state index contributed by atoms with van der Waals surface area (Å²) in [5.41, 5.74) is 4.09. The lowest BCUT2D eigenvalue weighted by molar-refractivity contribution is 0.572. The minimum atomic E-state index is 0. The van der Waals surface area contributed by atoms with Crippen LogP contribution in [0.4, 0.5) is 0 Å². The number of nitrogens with zero attached hydrogens (tertiary/aromatic N) is 3. The Kier molecular flexibility index (Phi) is 8.21. The van der Waals surface area contributed by atoms with Gasteiger partial charge in [0, 0.05) is 23.4 Å². The van der Waals surface area contributed by atoms with Crippen LogP contribution >= 0.6 is 35.3 Å². The van der Waals surface area contributed by atoms with E-state index in [4.69, 9.17) is 9.40 Å². The Bertz CT molecular complexity index is 941. The van der Waals surface area contributed by atoms with Gasteiger partial charge < -0.3 is 15.1 Å². The van der Waals surface area contributed by atoms with Gasteiger partial charge in [0.25, 0.3) is 0 Å². The SMILES string of the molecule is CN=C(NCc1coc(-c2ccc(C)cc2)n1)NCc1csc(C(C)(C)C)n1.I. The average Bonchev–Trinajstić information content (AvgIpc) is 3.32. The minimum absolute atomic E-state index is 0. The first-order valence-electron chi connectivity index (χ1n) is 9.26. The van der Waals surface area contributed by atoms with E-state index in [1.807, 2.05) is 24.3 Å². The third kappa shape index (κ3) is 6.53. The predicted octanol–water partition coefficient (Wildman–Crippen LogP) is 4.89. The first-order valence-corrected chi connectivity index (χ1v) is 10.1. The molecule has 0 unspecified atom stereocenters. The number of aliphatic imine (C=N–C) groups is 1. The topological polar surface area (TPSA) is 75.3 Å². The van der Waals surface area contributed by atoms with Gasteiger partial charge in [-0.1, -0.05) is 38.5 Å². The summed E-state index contributed by atoms with van der Waals surface area (Å²) in [6.07, 6.45) is 1.67. The van der Waals surface area contributed by atoms with Gasteiger partial charge in [0.1, 0.15) is 6.26 Å². The highest BCUT2D eigenvalue weighted by Gasteiger charge is 2.18. The zero-order valence-corrected chi connectivity index (χ0v) is 20.6. The molecular weight excluding hydrogens is 497 g/mol. The first kappa shape index (κ1) is 23.3. The maximum absolute atomic E-state index is 5.60. The van der Waals surface area contributed by atoms with Crippen LogP contribution in [0.15, 0.2) is 45.3 Å². The smallest absolute Gasteiger partial charge is 0.226 e. The predicted molar refractivity (Wildman–Crippen MR) is 130 cm³/mol. The number of oxazole rings is 1. The van der Waals surface area contributed by atoms with Gasteiger partial charge in [-0.2, -0.15) is 0 Å². The molecule has 6 nitrogen and oxygen atoms in total. The van der Waals surface area contributed by atoms with Crippen molar-refractivity contribution in [1.29, 1.82) is 0 Å². The molecule has 29 heavy (non-hydrogen) atoms. The lowest BCUT2D eigenvalue weighted by atomic mass is 9.98. The van der Waals surface area contributed by atoms with Crippen molar-refractivity contribution < 1.29 is 4.42 Å². The number of aromatic nitrogens is 2. The summed E-state index contributed by atoms with van der Waals surface area (Å²) in [4.78, 5) is 13.5. The second kappa shape index (κ2) is 10.2. The van der Waals surface area contributed by atoms with E-state index in [0.29, 0.717) is 24.9 Å². The molecule has 0 fully saturated rings. The number of benzene rings is 1. The molecule has 3 aromatic rings. The fourth-order valence-corrected chi connectivity index (χ4v) is 3.43. The van der Waals surface area contributed by atoms with Crippen molar-refractivity contribution in [2.24, 2.45) is 4.99 Å². The van der Waals surface area contributed by atoms with Gasteiger partial charge in [0.15, 0.2) is 5.96 Å². The molecule has 0 amide bonds. The van der Waals surface area contributed by atoms with E-state index in [0.717, 1.165) is 22.0 Å². The minimum Gasteiger partial charge on any atom is -0.444 e. The molecule has 2 heterocycles. The zero-order chi connectivity index (χ0) is 20.1. The third-order valence-corrected chi connectivity index (χ3v) is 5.46. The molecule has 0 bridgehead atoms. The highest BCUT2D eigenvalue weighted by atomic mass is 127. The number of hydrogen-bond donors (Lipinski definition) is 2.